The zero-order valence-electron chi connectivity index (χ0n) is 14.9. The molecule has 2 N–H and O–H groups in total. The summed E-state index contributed by atoms with van der Waals surface area (Å²) >= 11 is 6.29. The van der Waals surface area contributed by atoms with E-state index in [0.717, 1.165) is 27.7 Å². The molecule has 0 aliphatic rings. The average Bonchev–Trinajstić information content (AvgIpc) is 3.29. The minimum Gasteiger partial charge on any atom is -0.489 e. The van der Waals surface area contributed by atoms with Crippen molar-refractivity contribution in [3.8, 4) is 28.6 Å². The van der Waals surface area contributed by atoms with Crippen molar-refractivity contribution in [1.82, 2.24) is 15.1 Å². The van der Waals surface area contributed by atoms with Crippen molar-refractivity contribution in [2.24, 2.45) is 0 Å². The smallest absolute Gasteiger partial charge is 0.258 e. The van der Waals surface area contributed by atoms with Crippen molar-refractivity contribution >= 4 is 22.5 Å². The fraction of sp³-hybridized carbons (Fsp3) is 0.200. The lowest BCUT2D eigenvalue weighted by atomic mass is 10.1. The van der Waals surface area contributed by atoms with Gasteiger partial charge in [0, 0.05) is 27.7 Å². The van der Waals surface area contributed by atoms with Crippen molar-refractivity contribution < 1.29 is 14.4 Å². The fourth-order valence-electron chi connectivity index (χ4n) is 2.86. The number of aliphatic hydroxyl groups excluding tert-OH is 1. The van der Waals surface area contributed by atoms with Gasteiger partial charge >= 0.3 is 0 Å². The highest BCUT2D eigenvalue weighted by Gasteiger charge is 2.14. The molecule has 27 heavy (non-hydrogen) atoms. The number of H-pyrrole nitrogens is 1. The number of nitrogens with one attached hydrogen (secondary N) is 1. The molecule has 6 nitrogen and oxygen atoms in total. The summed E-state index contributed by atoms with van der Waals surface area (Å²) in [6.07, 6.45) is 0.0399. The molecule has 2 aromatic heterocycles. The summed E-state index contributed by atoms with van der Waals surface area (Å²) in [5, 5.41) is 14.8. The lowest BCUT2D eigenvalue weighted by molar-refractivity contribution is 0.242. The van der Waals surface area contributed by atoms with Gasteiger partial charge in [0.25, 0.3) is 5.89 Å². The van der Waals surface area contributed by atoms with Gasteiger partial charge in [-0.25, -0.2) is 0 Å². The molecule has 0 unspecified atom stereocenters. The normalized spacial score (nSPS) is 11.4. The molecule has 0 saturated carbocycles. The van der Waals surface area contributed by atoms with Crippen LogP contribution in [0.5, 0.6) is 5.75 Å². The largest absolute Gasteiger partial charge is 0.489 e. The van der Waals surface area contributed by atoms with E-state index in [9.17, 15) is 5.11 Å². The predicted molar refractivity (Wildman–Crippen MR) is 104 cm³/mol. The van der Waals surface area contributed by atoms with Gasteiger partial charge in [-0.3, -0.25) is 0 Å². The zero-order chi connectivity index (χ0) is 19.0. The lowest BCUT2D eigenvalue weighted by Gasteiger charge is -2.11. The lowest BCUT2D eigenvalue weighted by Crippen LogP contribution is -2.05. The summed E-state index contributed by atoms with van der Waals surface area (Å²) in [5.41, 5.74) is 3.25. The van der Waals surface area contributed by atoms with Crippen molar-refractivity contribution in [2.45, 2.75) is 26.6 Å². The number of hydrogen-bond acceptors (Lipinski definition) is 5. The van der Waals surface area contributed by atoms with Crippen LogP contribution in [-0.2, 0) is 6.61 Å². The van der Waals surface area contributed by atoms with Crippen LogP contribution >= 0.6 is 11.6 Å². The van der Waals surface area contributed by atoms with E-state index in [-0.39, 0.29) is 12.7 Å². The molecule has 0 aliphatic heterocycles. The van der Waals surface area contributed by atoms with Gasteiger partial charge in [-0.05, 0) is 56.3 Å². The van der Waals surface area contributed by atoms with Crippen LogP contribution in [0.25, 0.3) is 33.7 Å². The molecule has 7 heteroatoms. The number of aliphatic hydroxyl groups is 1. The Kier molecular flexibility index (Phi) is 4.59. The van der Waals surface area contributed by atoms with Gasteiger partial charge in [-0.1, -0.05) is 16.8 Å². The van der Waals surface area contributed by atoms with Gasteiger partial charge in [-0.2, -0.15) is 4.98 Å². The second kappa shape index (κ2) is 7.06. The molecule has 0 spiro atoms. The first-order valence-corrected chi connectivity index (χ1v) is 8.94. The van der Waals surface area contributed by atoms with Crippen LogP contribution in [0, 0.1) is 0 Å². The highest BCUT2D eigenvalue weighted by molar-refractivity contribution is 6.32. The van der Waals surface area contributed by atoms with E-state index in [2.05, 4.69) is 15.1 Å². The molecule has 2 heterocycles. The van der Waals surface area contributed by atoms with E-state index in [1.165, 1.54) is 0 Å². The molecular weight excluding hydrogens is 366 g/mol. The van der Waals surface area contributed by atoms with Gasteiger partial charge in [0.05, 0.1) is 17.7 Å². The number of ether oxygens (including phenoxy) is 1. The fourth-order valence-corrected chi connectivity index (χ4v) is 3.08. The molecule has 4 aromatic rings. The van der Waals surface area contributed by atoms with E-state index in [0.29, 0.717) is 22.5 Å². The summed E-state index contributed by atoms with van der Waals surface area (Å²) < 4.78 is 11.1. The minimum atomic E-state index is -0.0341. The Morgan fingerprint density at radius 3 is 2.70 bits per heavy atom. The van der Waals surface area contributed by atoms with Crippen molar-refractivity contribution in [1.29, 1.82) is 0 Å². The van der Waals surface area contributed by atoms with Gasteiger partial charge in [0.1, 0.15) is 5.75 Å². The first-order valence-electron chi connectivity index (χ1n) is 8.56. The second-order valence-electron chi connectivity index (χ2n) is 6.49. The van der Waals surface area contributed by atoms with Crippen LogP contribution in [0.3, 0.4) is 0 Å². The van der Waals surface area contributed by atoms with Crippen LogP contribution in [0.15, 0.2) is 47.0 Å². The van der Waals surface area contributed by atoms with E-state index in [4.69, 9.17) is 20.9 Å². The Hall–Kier alpha value is -2.83. The van der Waals surface area contributed by atoms with Crippen LogP contribution < -0.4 is 4.74 Å². The minimum absolute atomic E-state index is 0.0341. The molecule has 0 saturated heterocycles. The SMILES string of the molecule is CC(C)Oc1ccc(-c2nc(-c3ccc4[nH]c(CO)cc4c3)no2)cc1Cl. The quantitative estimate of drug-likeness (QED) is 0.516. The number of benzene rings is 2. The van der Waals surface area contributed by atoms with E-state index in [1.54, 1.807) is 12.1 Å². The predicted octanol–water partition coefficient (Wildman–Crippen LogP) is 4.82. The van der Waals surface area contributed by atoms with Crippen LogP contribution in [-0.4, -0.2) is 26.3 Å². The molecule has 2 aromatic carbocycles. The van der Waals surface area contributed by atoms with Crippen molar-refractivity contribution in [2.75, 3.05) is 0 Å². The summed E-state index contributed by atoms with van der Waals surface area (Å²) in [5.74, 6) is 1.48. The Balaban J connectivity index is 1.64. The number of rotatable bonds is 5. The number of aromatic amines is 1. The monoisotopic (exact) mass is 383 g/mol. The molecule has 0 fully saturated rings. The highest BCUT2D eigenvalue weighted by Crippen LogP contribution is 2.31. The Morgan fingerprint density at radius 1 is 1.15 bits per heavy atom. The van der Waals surface area contributed by atoms with Crippen LogP contribution in [0.4, 0.5) is 0 Å². The summed E-state index contributed by atoms with van der Waals surface area (Å²) in [6.45, 7) is 3.85. The molecule has 138 valence electrons. The maximum Gasteiger partial charge on any atom is 0.258 e. The molecular formula is C20H18ClN3O3. The third-order valence-corrected chi connectivity index (χ3v) is 4.37. The van der Waals surface area contributed by atoms with Gasteiger partial charge in [-0.15, -0.1) is 0 Å². The maximum atomic E-state index is 9.25. The van der Waals surface area contributed by atoms with Gasteiger partial charge < -0.3 is 19.4 Å². The van der Waals surface area contributed by atoms with E-state index < -0.39 is 0 Å². The molecule has 0 radical (unpaired) electrons. The summed E-state index contributed by atoms with van der Waals surface area (Å²) in [7, 11) is 0. The van der Waals surface area contributed by atoms with E-state index in [1.807, 2.05) is 44.2 Å². The maximum absolute atomic E-state index is 9.25. The average molecular weight is 384 g/mol. The molecule has 0 aliphatic carbocycles. The summed E-state index contributed by atoms with van der Waals surface area (Å²) in [6, 6.07) is 13.1. The van der Waals surface area contributed by atoms with E-state index >= 15 is 0 Å². The first kappa shape index (κ1) is 17.6. The third kappa shape index (κ3) is 3.54. The first-order chi connectivity index (χ1) is 13.0. The summed E-state index contributed by atoms with van der Waals surface area (Å²) in [4.78, 5) is 7.62. The highest BCUT2D eigenvalue weighted by atomic mass is 35.5. The van der Waals surface area contributed by atoms with Crippen molar-refractivity contribution in [3.63, 3.8) is 0 Å². The number of fused-ring (bicyclic) bond motifs is 1. The molecule has 0 atom stereocenters. The van der Waals surface area contributed by atoms with Crippen LogP contribution in [0.2, 0.25) is 5.02 Å². The molecule has 4 rings (SSSR count). The number of nitrogens with zero attached hydrogens (tertiary/aromatic N) is 2. The topological polar surface area (TPSA) is 84.2 Å². The second-order valence-corrected chi connectivity index (χ2v) is 6.90. The number of aromatic nitrogens is 3. The Morgan fingerprint density at radius 2 is 1.96 bits per heavy atom. The number of hydrogen-bond donors (Lipinski definition) is 2. The molecule has 0 amide bonds. The van der Waals surface area contributed by atoms with Crippen LogP contribution in [0.1, 0.15) is 19.5 Å². The third-order valence-electron chi connectivity index (χ3n) is 4.07. The Labute approximate surface area is 160 Å². The number of halogens is 1. The van der Waals surface area contributed by atoms with Crippen molar-refractivity contribution in [3.05, 3.63) is 53.2 Å². The Bertz CT molecular complexity index is 1100. The molecule has 0 bridgehead atoms. The van der Waals surface area contributed by atoms with Gasteiger partial charge in [0.15, 0.2) is 0 Å². The standard InChI is InChI=1S/C20H18ClN3O3/c1-11(2)26-18-6-4-13(9-16(18)21)20-23-19(24-27-20)12-3-5-17-14(7-12)8-15(10-25)22-17/h3-9,11,22,25H,10H2,1-2H3. The van der Waals surface area contributed by atoms with Gasteiger partial charge in [0.2, 0.25) is 5.82 Å². The zero-order valence-corrected chi connectivity index (χ0v) is 15.6.